The van der Waals surface area contributed by atoms with Crippen LogP contribution in [0.1, 0.15) is 35.8 Å². The van der Waals surface area contributed by atoms with Gasteiger partial charge in [0.1, 0.15) is 11.6 Å². The lowest BCUT2D eigenvalue weighted by atomic mass is 9.92. The van der Waals surface area contributed by atoms with Crippen LogP contribution in [0.15, 0.2) is 36.5 Å². The highest BCUT2D eigenvalue weighted by atomic mass is 16.5. The molecule has 132 valence electrons. The molecule has 1 saturated heterocycles. The summed E-state index contributed by atoms with van der Waals surface area (Å²) >= 11 is 0. The number of likely N-dealkylation sites (tertiary alicyclic amines) is 1. The van der Waals surface area contributed by atoms with Gasteiger partial charge in [0.25, 0.3) is 5.91 Å². The number of benzene rings is 1. The molecule has 0 bridgehead atoms. The Labute approximate surface area is 147 Å². The molecule has 6 nitrogen and oxygen atoms in total. The number of aryl methyl sites for hydroxylation is 1. The van der Waals surface area contributed by atoms with Crippen LogP contribution in [0, 0.1) is 6.92 Å². The number of aromatic nitrogens is 2. The molecule has 0 spiro atoms. The Morgan fingerprint density at radius 1 is 1.36 bits per heavy atom. The van der Waals surface area contributed by atoms with Crippen LogP contribution in [0.2, 0.25) is 0 Å². The second kappa shape index (κ2) is 8.07. The smallest absolute Gasteiger partial charge is 0.260 e. The van der Waals surface area contributed by atoms with Crippen LogP contribution in [0.5, 0.6) is 5.75 Å². The predicted molar refractivity (Wildman–Crippen MR) is 93.2 cm³/mol. The SMILES string of the molecule is Cc1ncc(CO)c(C2CCCN(C(=O)COc3ccccc3)C2)n1. The van der Waals surface area contributed by atoms with E-state index >= 15 is 0 Å². The van der Waals surface area contributed by atoms with Crippen molar-refractivity contribution in [1.82, 2.24) is 14.9 Å². The summed E-state index contributed by atoms with van der Waals surface area (Å²) in [7, 11) is 0. The van der Waals surface area contributed by atoms with Gasteiger partial charge in [-0.05, 0) is 31.9 Å². The molecule has 2 aromatic rings. The van der Waals surface area contributed by atoms with Crippen LogP contribution in [0.4, 0.5) is 0 Å². The Morgan fingerprint density at radius 3 is 2.92 bits per heavy atom. The summed E-state index contributed by atoms with van der Waals surface area (Å²) in [5, 5.41) is 9.54. The molecular formula is C19H23N3O3. The predicted octanol–water partition coefficient (Wildman–Crippen LogP) is 2.06. The third-order valence-corrected chi connectivity index (χ3v) is 4.46. The average Bonchev–Trinajstić information content (AvgIpc) is 2.67. The summed E-state index contributed by atoms with van der Waals surface area (Å²) in [5.74, 6) is 1.48. The van der Waals surface area contributed by atoms with E-state index in [1.807, 2.05) is 42.2 Å². The van der Waals surface area contributed by atoms with Gasteiger partial charge in [0.05, 0.1) is 12.3 Å². The molecular weight excluding hydrogens is 318 g/mol. The molecule has 3 rings (SSSR count). The fourth-order valence-corrected chi connectivity index (χ4v) is 3.17. The van der Waals surface area contributed by atoms with Crippen molar-refractivity contribution >= 4 is 5.91 Å². The van der Waals surface area contributed by atoms with E-state index in [2.05, 4.69) is 9.97 Å². The second-order valence-electron chi connectivity index (χ2n) is 6.27. The highest BCUT2D eigenvalue weighted by Gasteiger charge is 2.27. The van der Waals surface area contributed by atoms with E-state index in [0.717, 1.165) is 30.6 Å². The number of aliphatic hydroxyl groups is 1. The number of carbonyl (C=O) groups excluding carboxylic acids is 1. The molecule has 25 heavy (non-hydrogen) atoms. The Balaban J connectivity index is 1.64. The van der Waals surface area contributed by atoms with Crippen LogP contribution in [0.3, 0.4) is 0 Å². The lowest BCUT2D eigenvalue weighted by Gasteiger charge is -2.33. The van der Waals surface area contributed by atoms with Crippen molar-refractivity contribution in [2.45, 2.75) is 32.3 Å². The maximum atomic E-state index is 12.5. The number of carbonyl (C=O) groups is 1. The molecule has 0 saturated carbocycles. The number of amides is 1. The van der Waals surface area contributed by atoms with Gasteiger partial charge < -0.3 is 14.7 Å². The molecule has 1 aromatic carbocycles. The van der Waals surface area contributed by atoms with Gasteiger partial charge in [0.15, 0.2) is 6.61 Å². The van der Waals surface area contributed by atoms with Gasteiger partial charge in [-0.3, -0.25) is 4.79 Å². The van der Waals surface area contributed by atoms with Crippen LogP contribution in [-0.4, -0.2) is 45.6 Å². The van der Waals surface area contributed by atoms with Gasteiger partial charge in [-0.15, -0.1) is 0 Å². The Morgan fingerprint density at radius 2 is 2.16 bits per heavy atom. The topological polar surface area (TPSA) is 75.6 Å². The van der Waals surface area contributed by atoms with Gasteiger partial charge >= 0.3 is 0 Å². The van der Waals surface area contributed by atoms with Crippen LogP contribution < -0.4 is 4.74 Å². The molecule has 1 aromatic heterocycles. The minimum Gasteiger partial charge on any atom is -0.484 e. The van der Waals surface area contributed by atoms with Gasteiger partial charge in [0, 0.05) is 30.8 Å². The monoisotopic (exact) mass is 341 g/mol. The van der Waals surface area contributed by atoms with Gasteiger partial charge in [-0.25, -0.2) is 9.97 Å². The summed E-state index contributed by atoms with van der Waals surface area (Å²) in [6.45, 7) is 3.11. The van der Waals surface area contributed by atoms with Crippen molar-refractivity contribution in [2.24, 2.45) is 0 Å². The van der Waals surface area contributed by atoms with Gasteiger partial charge in [-0.1, -0.05) is 18.2 Å². The fraction of sp³-hybridized carbons (Fsp3) is 0.421. The quantitative estimate of drug-likeness (QED) is 0.901. The number of ether oxygens (including phenoxy) is 1. The first kappa shape index (κ1) is 17.4. The minimum atomic E-state index is -0.0861. The molecule has 1 aliphatic heterocycles. The standard InChI is InChI=1S/C19H23N3O3/c1-14-20-10-16(12-23)19(21-14)15-6-5-9-22(11-15)18(24)13-25-17-7-3-2-4-8-17/h2-4,7-8,10,15,23H,5-6,9,11-13H2,1H3. The number of rotatable bonds is 5. The van der Waals surface area contributed by atoms with Gasteiger partial charge in [0.2, 0.25) is 0 Å². The summed E-state index contributed by atoms with van der Waals surface area (Å²) in [6, 6.07) is 9.34. The summed E-state index contributed by atoms with van der Waals surface area (Å²) in [4.78, 5) is 23.0. The number of para-hydroxylation sites is 1. The van der Waals surface area contributed by atoms with E-state index in [4.69, 9.17) is 4.74 Å². The largest absolute Gasteiger partial charge is 0.484 e. The first-order valence-corrected chi connectivity index (χ1v) is 8.56. The number of aliphatic hydroxyl groups excluding tert-OH is 1. The molecule has 6 heteroatoms. The van der Waals surface area contributed by atoms with Crippen LogP contribution >= 0.6 is 0 Å². The lowest BCUT2D eigenvalue weighted by molar-refractivity contribution is -0.134. The summed E-state index contributed by atoms with van der Waals surface area (Å²) < 4.78 is 5.57. The van der Waals surface area contributed by atoms with Crippen molar-refractivity contribution in [3.8, 4) is 5.75 Å². The summed E-state index contributed by atoms with van der Waals surface area (Å²) in [6.07, 6.45) is 3.54. The summed E-state index contributed by atoms with van der Waals surface area (Å²) in [5.41, 5.74) is 1.60. The van der Waals surface area contributed by atoms with E-state index in [1.54, 1.807) is 6.20 Å². The molecule has 0 radical (unpaired) electrons. The lowest BCUT2D eigenvalue weighted by Crippen LogP contribution is -2.42. The first-order valence-electron chi connectivity index (χ1n) is 8.56. The zero-order valence-corrected chi connectivity index (χ0v) is 14.4. The van der Waals surface area contributed by atoms with E-state index in [1.165, 1.54) is 0 Å². The highest BCUT2D eigenvalue weighted by Crippen LogP contribution is 2.28. The second-order valence-corrected chi connectivity index (χ2v) is 6.27. The molecule has 1 fully saturated rings. The molecule has 1 atom stereocenters. The van der Waals surface area contributed by atoms with Crippen molar-refractivity contribution < 1.29 is 14.6 Å². The Kier molecular flexibility index (Phi) is 5.60. The molecule has 1 N–H and O–H groups in total. The van der Waals surface area contributed by atoms with Crippen molar-refractivity contribution in [3.63, 3.8) is 0 Å². The van der Waals surface area contributed by atoms with E-state index < -0.39 is 0 Å². The van der Waals surface area contributed by atoms with Crippen LogP contribution in [0.25, 0.3) is 0 Å². The molecule has 1 amide bonds. The Hall–Kier alpha value is -2.47. The molecule has 2 heterocycles. The molecule has 0 aliphatic carbocycles. The maximum Gasteiger partial charge on any atom is 0.260 e. The average molecular weight is 341 g/mol. The van der Waals surface area contributed by atoms with E-state index in [9.17, 15) is 9.90 Å². The zero-order valence-electron chi connectivity index (χ0n) is 14.4. The molecule has 1 aliphatic rings. The number of piperidine rings is 1. The van der Waals surface area contributed by atoms with Crippen molar-refractivity contribution in [1.29, 1.82) is 0 Å². The molecule has 1 unspecified atom stereocenters. The number of nitrogens with zero attached hydrogens (tertiary/aromatic N) is 3. The fourth-order valence-electron chi connectivity index (χ4n) is 3.17. The number of hydrogen-bond donors (Lipinski definition) is 1. The van der Waals surface area contributed by atoms with E-state index in [0.29, 0.717) is 18.1 Å². The van der Waals surface area contributed by atoms with Gasteiger partial charge in [-0.2, -0.15) is 0 Å². The Bertz CT molecular complexity index is 721. The van der Waals surface area contributed by atoms with Crippen LogP contribution in [-0.2, 0) is 11.4 Å². The highest BCUT2D eigenvalue weighted by molar-refractivity contribution is 5.78. The zero-order chi connectivity index (χ0) is 17.6. The van der Waals surface area contributed by atoms with Crippen molar-refractivity contribution in [3.05, 3.63) is 53.6 Å². The minimum absolute atomic E-state index is 0.0233. The first-order chi connectivity index (χ1) is 12.2. The van der Waals surface area contributed by atoms with Crippen molar-refractivity contribution in [2.75, 3.05) is 19.7 Å². The third kappa shape index (κ3) is 4.33. The third-order valence-electron chi connectivity index (χ3n) is 4.46. The maximum absolute atomic E-state index is 12.5. The van der Waals surface area contributed by atoms with E-state index in [-0.39, 0.29) is 25.0 Å². The number of hydrogen-bond acceptors (Lipinski definition) is 5. The normalized spacial score (nSPS) is 17.4.